The van der Waals surface area contributed by atoms with E-state index in [2.05, 4.69) is 30.6 Å². The topological polar surface area (TPSA) is 21.3 Å². The van der Waals surface area contributed by atoms with Gasteiger partial charge >= 0.3 is 0 Å². The molecule has 0 saturated carbocycles. The molecule has 96 valence electrons. The van der Waals surface area contributed by atoms with Crippen molar-refractivity contribution in [2.24, 2.45) is 0 Å². The second kappa shape index (κ2) is 6.53. The van der Waals surface area contributed by atoms with Gasteiger partial charge in [-0.2, -0.15) is 0 Å². The maximum absolute atomic E-state index is 5.55. The molecule has 2 nitrogen and oxygen atoms in total. The Bertz CT molecular complexity index is 335. The van der Waals surface area contributed by atoms with Crippen LogP contribution in [0.2, 0.25) is 0 Å². The molecule has 3 heteroatoms. The summed E-state index contributed by atoms with van der Waals surface area (Å²) in [7, 11) is 0. The van der Waals surface area contributed by atoms with Crippen molar-refractivity contribution in [3.8, 4) is 0 Å². The van der Waals surface area contributed by atoms with E-state index >= 15 is 0 Å². The lowest BCUT2D eigenvalue weighted by Crippen LogP contribution is -2.26. The zero-order valence-corrected chi connectivity index (χ0v) is 11.7. The Balaban J connectivity index is 1.71. The normalized spacial score (nSPS) is 19.6. The number of fused-ring (bicyclic) bond motifs is 1. The molecule has 1 aromatic heterocycles. The molecule has 1 aliphatic carbocycles. The highest BCUT2D eigenvalue weighted by Crippen LogP contribution is 2.33. The Morgan fingerprint density at radius 1 is 1.53 bits per heavy atom. The number of aryl methyl sites for hydroxylation is 1. The van der Waals surface area contributed by atoms with E-state index in [4.69, 9.17) is 4.74 Å². The van der Waals surface area contributed by atoms with E-state index in [9.17, 15) is 0 Å². The minimum absolute atomic E-state index is 0.355. The Kier molecular flexibility index (Phi) is 5.01. The fraction of sp³-hybridized carbons (Fsp3) is 0.714. The van der Waals surface area contributed by atoms with Crippen molar-refractivity contribution in [3.05, 3.63) is 21.9 Å². The second-order valence-electron chi connectivity index (χ2n) is 4.97. The van der Waals surface area contributed by atoms with Crippen LogP contribution in [0, 0.1) is 0 Å². The number of ether oxygens (including phenoxy) is 1. The van der Waals surface area contributed by atoms with E-state index in [1.54, 1.807) is 10.4 Å². The number of thiophene rings is 1. The van der Waals surface area contributed by atoms with Gasteiger partial charge in [0.15, 0.2) is 0 Å². The summed E-state index contributed by atoms with van der Waals surface area (Å²) in [5, 5.41) is 5.89. The van der Waals surface area contributed by atoms with Crippen molar-refractivity contribution < 1.29 is 4.74 Å². The van der Waals surface area contributed by atoms with Gasteiger partial charge in [-0.25, -0.2) is 0 Å². The zero-order valence-electron chi connectivity index (χ0n) is 10.9. The summed E-state index contributed by atoms with van der Waals surface area (Å²) in [6.07, 6.45) is 5.35. The molecule has 0 bridgehead atoms. The first-order valence-corrected chi connectivity index (χ1v) is 7.56. The van der Waals surface area contributed by atoms with Gasteiger partial charge in [-0.15, -0.1) is 11.3 Å². The molecule has 1 N–H and O–H groups in total. The van der Waals surface area contributed by atoms with Gasteiger partial charge in [0.2, 0.25) is 0 Å². The van der Waals surface area contributed by atoms with Crippen LogP contribution in [0.15, 0.2) is 11.4 Å². The van der Waals surface area contributed by atoms with Gasteiger partial charge < -0.3 is 10.1 Å². The quantitative estimate of drug-likeness (QED) is 0.783. The average molecular weight is 253 g/mol. The predicted molar refractivity (Wildman–Crippen MR) is 73.7 cm³/mol. The van der Waals surface area contributed by atoms with Crippen LogP contribution in [0.25, 0.3) is 0 Å². The molecule has 0 fully saturated rings. The lowest BCUT2D eigenvalue weighted by Gasteiger charge is -2.23. The van der Waals surface area contributed by atoms with Crippen molar-refractivity contribution in [2.75, 3.05) is 13.2 Å². The van der Waals surface area contributed by atoms with Crippen molar-refractivity contribution in [2.45, 2.75) is 51.7 Å². The standard InChI is InChI=1S/C14H23NOS/c1-11(2)16-9-4-8-15-13-5-3-6-14-12(13)7-10-17-14/h7,10-11,13,15H,3-6,8-9H2,1-2H3. The maximum atomic E-state index is 5.55. The summed E-state index contributed by atoms with van der Waals surface area (Å²) in [4.78, 5) is 1.59. The Morgan fingerprint density at radius 3 is 3.24 bits per heavy atom. The van der Waals surface area contributed by atoms with Gasteiger partial charge in [0.05, 0.1) is 6.10 Å². The first-order chi connectivity index (χ1) is 8.27. The van der Waals surface area contributed by atoms with E-state index in [0.717, 1.165) is 19.6 Å². The summed E-state index contributed by atoms with van der Waals surface area (Å²) in [6, 6.07) is 2.88. The fourth-order valence-corrected chi connectivity index (χ4v) is 3.35. The minimum atomic E-state index is 0.355. The molecule has 0 aromatic carbocycles. The molecule has 0 saturated heterocycles. The van der Waals surface area contributed by atoms with Gasteiger partial charge in [0.1, 0.15) is 0 Å². The summed E-state index contributed by atoms with van der Waals surface area (Å²) in [5.41, 5.74) is 1.55. The van der Waals surface area contributed by atoms with Gasteiger partial charge in [-0.05, 0) is 63.1 Å². The van der Waals surface area contributed by atoms with Crippen LogP contribution in [0.5, 0.6) is 0 Å². The molecule has 1 aliphatic rings. The predicted octanol–water partition coefficient (Wildman–Crippen LogP) is 3.53. The Labute approximate surface area is 108 Å². The molecule has 1 unspecified atom stereocenters. The van der Waals surface area contributed by atoms with Crippen LogP contribution in [-0.2, 0) is 11.2 Å². The van der Waals surface area contributed by atoms with Crippen LogP contribution in [0.1, 0.15) is 49.6 Å². The first-order valence-electron chi connectivity index (χ1n) is 6.68. The molecule has 2 rings (SSSR count). The summed E-state index contributed by atoms with van der Waals surface area (Å²) < 4.78 is 5.55. The van der Waals surface area contributed by atoms with Crippen LogP contribution in [-0.4, -0.2) is 19.3 Å². The molecule has 1 aromatic rings. The van der Waals surface area contributed by atoms with E-state index in [1.807, 2.05) is 11.3 Å². The van der Waals surface area contributed by atoms with E-state index in [1.165, 1.54) is 19.3 Å². The molecular weight excluding hydrogens is 230 g/mol. The number of hydrogen-bond acceptors (Lipinski definition) is 3. The molecule has 0 spiro atoms. The van der Waals surface area contributed by atoms with Crippen molar-refractivity contribution in [1.82, 2.24) is 5.32 Å². The molecule has 0 radical (unpaired) electrons. The van der Waals surface area contributed by atoms with E-state index in [0.29, 0.717) is 12.1 Å². The lowest BCUT2D eigenvalue weighted by molar-refractivity contribution is 0.0766. The zero-order chi connectivity index (χ0) is 12.1. The van der Waals surface area contributed by atoms with Gasteiger partial charge in [-0.3, -0.25) is 0 Å². The lowest BCUT2D eigenvalue weighted by atomic mass is 9.94. The van der Waals surface area contributed by atoms with Gasteiger partial charge in [-0.1, -0.05) is 0 Å². The van der Waals surface area contributed by atoms with Crippen molar-refractivity contribution in [3.63, 3.8) is 0 Å². The molecular formula is C14H23NOS. The summed E-state index contributed by atoms with van der Waals surface area (Å²) in [6.45, 7) is 6.11. The Morgan fingerprint density at radius 2 is 2.41 bits per heavy atom. The van der Waals surface area contributed by atoms with Crippen LogP contribution in [0.3, 0.4) is 0 Å². The number of rotatable bonds is 6. The first kappa shape index (κ1) is 13.1. The SMILES string of the molecule is CC(C)OCCCNC1CCCc2sccc21. The van der Waals surface area contributed by atoms with E-state index < -0.39 is 0 Å². The van der Waals surface area contributed by atoms with Crippen LogP contribution < -0.4 is 5.32 Å². The average Bonchev–Trinajstić information content (AvgIpc) is 2.77. The highest BCUT2D eigenvalue weighted by atomic mass is 32.1. The monoisotopic (exact) mass is 253 g/mol. The third kappa shape index (κ3) is 3.80. The van der Waals surface area contributed by atoms with Gasteiger partial charge in [0.25, 0.3) is 0 Å². The number of nitrogens with one attached hydrogen (secondary N) is 1. The van der Waals surface area contributed by atoms with Crippen molar-refractivity contribution >= 4 is 11.3 Å². The Hall–Kier alpha value is -0.380. The fourth-order valence-electron chi connectivity index (χ4n) is 2.37. The second-order valence-corrected chi connectivity index (χ2v) is 5.97. The third-order valence-electron chi connectivity index (χ3n) is 3.21. The van der Waals surface area contributed by atoms with Crippen LogP contribution in [0.4, 0.5) is 0 Å². The largest absolute Gasteiger partial charge is 0.379 e. The molecule has 1 heterocycles. The molecule has 1 atom stereocenters. The van der Waals surface area contributed by atoms with Crippen molar-refractivity contribution in [1.29, 1.82) is 0 Å². The minimum Gasteiger partial charge on any atom is -0.379 e. The highest BCUT2D eigenvalue weighted by molar-refractivity contribution is 7.10. The third-order valence-corrected chi connectivity index (χ3v) is 4.21. The molecule has 17 heavy (non-hydrogen) atoms. The molecule has 0 amide bonds. The van der Waals surface area contributed by atoms with Crippen LogP contribution >= 0.6 is 11.3 Å². The smallest absolute Gasteiger partial charge is 0.0518 e. The summed E-state index contributed by atoms with van der Waals surface area (Å²) in [5.74, 6) is 0. The molecule has 0 aliphatic heterocycles. The maximum Gasteiger partial charge on any atom is 0.0518 e. The highest BCUT2D eigenvalue weighted by Gasteiger charge is 2.20. The number of hydrogen-bond donors (Lipinski definition) is 1. The van der Waals surface area contributed by atoms with Gasteiger partial charge in [0, 0.05) is 17.5 Å². The van der Waals surface area contributed by atoms with E-state index in [-0.39, 0.29) is 0 Å². The summed E-state index contributed by atoms with van der Waals surface area (Å²) >= 11 is 1.91.